The van der Waals surface area contributed by atoms with Crippen LogP contribution in [0.25, 0.3) is 0 Å². The number of allylic oxidation sites excluding steroid dienone is 2. The average molecular weight is 352 g/mol. The summed E-state index contributed by atoms with van der Waals surface area (Å²) in [6.45, 7) is -0.664. The SMILES string of the molecule is COc1ccccc1C(=O)N1N=C(OCC(=O)O)C=CC1=C(C#N)C#N. The molecule has 0 unspecified atom stereocenters. The zero-order chi connectivity index (χ0) is 19.1. The largest absolute Gasteiger partial charge is 0.496 e. The number of benzene rings is 1. The maximum Gasteiger partial charge on any atom is 0.341 e. The van der Waals surface area contributed by atoms with Crippen molar-refractivity contribution in [3.05, 3.63) is 53.3 Å². The predicted molar refractivity (Wildman–Crippen MR) is 87.6 cm³/mol. The number of hydrazone groups is 1. The topological polar surface area (TPSA) is 136 Å². The molecule has 1 heterocycles. The number of rotatable bonds is 4. The number of nitriles is 2. The average Bonchev–Trinajstić information content (AvgIpc) is 2.67. The molecule has 0 aliphatic carbocycles. The van der Waals surface area contributed by atoms with Crippen LogP contribution in [0.2, 0.25) is 0 Å². The Morgan fingerprint density at radius 3 is 2.54 bits per heavy atom. The van der Waals surface area contributed by atoms with E-state index in [9.17, 15) is 9.59 Å². The number of carbonyl (C=O) groups is 2. The van der Waals surface area contributed by atoms with E-state index >= 15 is 0 Å². The van der Waals surface area contributed by atoms with Crippen molar-refractivity contribution in [3.8, 4) is 17.9 Å². The van der Waals surface area contributed by atoms with Gasteiger partial charge >= 0.3 is 5.97 Å². The van der Waals surface area contributed by atoms with Gasteiger partial charge in [-0.05, 0) is 18.2 Å². The first-order valence-electron chi connectivity index (χ1n) is 7.15. The minimum Gasteiger partial charge on any atom is -0.496 e. The van der Waals surface area contributed by atoms with Crippen LogP contribution < -0.4 is 4.74 Å². The molecule has 1 aliphatic heterocycles. The first-order valence-corrected chi connectivity index (χ1v) is 7.15. The van der Waals surface area contributed by atoms with Crippen LogP contribution in [0, 0.1) is 22.7 Å². The number of nitrogens with zero attached hydrogens (tertiary/aromatic N) is 4. The summed E-state index contributed by atoms with van der Waals surface area (Å²) in [5.74, 6) is -1.79. The highest BCUT2D eigenvalue weighted by molar-refractivity contribution is 6.01. The summed E-state index contributed by atoms with van der Waals surface area (Å²) >= 11 is 0. The molecule has 1 aromatic carbocycles. The number of carboxylic acids is 1. The van der Waals surface area contributed by atoms with E-state index in [1.165, 1.54) is 25.3 Å². The molecule has 0 spiro atoms. The van der Waals surface area contributed by atoms with E-state index in [1.54, 1.807) is 30.3 Å². The minimum atomic E-state index is -1.22. The lowest BCUT2D eigenvalue weighted by molar-refractivity contribution is -0.139. The molecular formula is C17H12N4O5. The van der Waals surface area contributed by atoms with Crippen molar-refractivity contribution >= 4 is 17.8 Å². The smallest absolute Gasteiger partial charge is 0.341 e. The molecule has 0 saturated heterocycles. The second kappa shape index (κ2) is 8.13. The highest BCUT2D eigenvalue weighted by atomic mass is 16.5. The lowest BCUT2D eigenvalue weighted by atomic mass is 10.1. The summed E-state index contributed by atoms with van der Waals surface area (Å²) in [6, 6.07) is 9.72. The van der Waals surface area contributed by atoms with Crippen molar-refractivity contribution in [1.29, 1.82) is 10.5 Å². The number of methoxy groups -OCH3 is 1. The van der Waals surface area contributed by atoms with Gasteiger partial charge in [-0.3, -0.25) is 4.79 Å². The summed E-state index contributed by atoms with van der Waals surface area (Å²) in [4.78, 5) is 23.5. The van der Waals surface area contributed by atoms with Crippen LogP contribution in [0.1, 0.15) is 10.4 Å². The van der Waals surface area contributed by atoms with Crippen molar-refractivity contribution in [2.45, 2.75) is 0 Å². The Labute approximate surface area is 148 Å². The zero-order valence-electron chi connectivity index (χ0n) is 13.5. The van der Waals surface area contributed by atoms with Crippen LogP contribution in [0.5, 0.6) is 5.75 Å². The molecule has 2 rings (SSSR count). The summed E-state index contributed by atoms with van der Waals surface area (Å²) in [6.07, 6.45) is 2.54. The molecule has 1 aromatic rings. The van der Waals surface area contributed by atoms with E-state index < -0.39 is 18.5 Å². The molecule has 0 fully saturated rings. The maximum atomic E-state index is 12.9. The third kappa shape index (κ3) is 3.86. The Balaban J connectivity index is 2.50. The minimum absolute atomic E-state index is 0.0615. The second-order valence-electron chi connectivity index (χ2n) is 4.76. The van der Waals surface area contributed by atoms with Crippen molar-refractivity contribution < 1.29 is 24.2 Å². The van der Waals surface area contributed by atoms with E-state index in [2.05, 4.69) is 5.10 Å². The number of carbonyl (C=O) groups excluding carboxylic acids is 1. The fraction of sp³-hybridized carbons (Fsp3) is 0.118. The number of carboxylic acid groups (broad SMARTS) is 1. The van der Waals surface area contributed by atoms with Gasteiger partial charge in [-0.15, -0.1) is 5.10 Å². The van der Waals surface area contributed by atoms with Crippen molar-refractivity contribution in [2.24, 2.45) is 5.10 Å². The molecule has 0 saturated carbocycles. The molecule has 1 N–H and O–H groups in total. The van der Waals surface area contributed by atoms with Crippen molar-refractivity contribution in [1.82, 2.24) is 5.01 Å². The Morgan fingerprint density at radius 2 is 1.92 bits per heavy atom. The Kier molecular flexibility index (Phi) is 5.70. The van der Waals surface area contributed by atoms with Crippen LogP contribution in [0.15, 0.2) is 52.8 Å². The summed E-state index contributed by atoms with van der Waals surface area (Å²) < 4.78 is 10.1. The second-order valence-corrected chi connectivity index (χ2v) is 4.76. The lowest BCUT2D eigenvalue weighted by Gasteiger charge is -2.23. The van der Waals surface area contributed by atoms with Gasteiger partial charge in [0, 0.05) is 6.08 Å². The quantitative estimate of drug-likeness (QED) is 0.809. The third-order valence-corrected chi connectivity index (χ3v) is 3.16. The molecule has 1 aliphatic rings. The highest BCUT2D eigenvalue weighted by Gasteiger charge is 2.27. The van der Waals surface area contributed by atoms with Gasteiger partial charge in [-0.1, -0.05) is 12.1 Å². The van der Waals surface area contributed by atoms with Gasteiger partial charge < -0.3 is 14.6 Å². The normalized spacial score (nSPS) is 12.5. The van der Waals surface area contributed by atoms with Gasteiger partial charge in [0.05, 0.1) is 18.4 Å². The first kappa shape index (κ1) is 18.2. The number of hydrogen-bond donors (Lipinski definition) is 1. The van der Waals surface area contributed by atoms with Crippen molar-refractivity contribution in [2.75, 3.05) is 13.7 Å². The number of para-hydroxylation sites is 1. The van der Waals surface area contributed by atoms with Crippen LogP contribution in [0.3, 0.4) is 0 Å². The Morgan fingerprint density at radius 1 is 1.23 bits per heavy atom. The number of aliphatic carboxylic acids is 1. The fourth-order valence-electron chi connectivity index (χ4n) is 2.04. The first-order chi connectivity index (χ1) is 12.5. The van der Waals surface area contributed by atoms with Gasteiger partial charge in [0.2, 0.25) is 5.90 Å². The number of amides is 1. The number of ether oxygens (including phenoxy) is 2. The van der Waals surface area contributed by atoms with Crippen LogP contribution in [-0.2, 0) is 9.53 Å². The molecule has 26 heavy (non-hydrogen) atoms. The Hall–Kier alpha value is -4.11. The van der Waals surface area contributed by atoms with Gasteiger partial charge in [0.15, 0.2) is 12.2 Å². The van der Waals surface area contributed by atoms with Crippen molar-refractivity contribution in [3.63, 3.8) is 0 Å². The highest BCUT2D eigenvalue weighted by Crippen LogP contribution is 2.25. The molecule has 9 nitrogen and oxygen atoms in total. The molecule has 0 bridgehead atoms. The Bertz CT molecular complexity index is 902. The molecule has 1 amide bonds. The van der Waals surface area contributed by atoms with Crippen LogP contribution in [0.4, 0.5) is 0 Å². The fourth-order valence-corrected chi connectivity index (χ4v) is 2.04. The monoisotopic (exact) mass is 352 g/mol. The van der Waals surface area contributed by atoms with Crippen LogP contribution >= 0.6 is 0 Å². The molecular weight excluding hydrogens is 340 g/mol. The third-order valence-electron chi connectivity index (χ3n) is 3.16. The molecule has 9 heteroatoms. The summed E-state index contributed by atoms with van der Waals surface area (Å²) in [5.41, 5.74) is -0.265. The molecule has 0 aromatic heterocycles. The van der Waals surface area contributed by atoms with Gasteiger partial charge in [-0.25, -0.2) is 4.79 Å². The van der Waals surface area contributed by atoms with Gasteiger partial charge in [0.25, 0.3) is 5.91 Å². The summed E-state index contributed by atoms with van der Waals surface area (Å²) in [5, 5.41) is 31.6. The van der Waals surface area contributed by atoms with Crippen LogP contribution in [-0.4, -0.2) is 41.6 Å². The van der Waals surface area contributed by atoms with E-state index in [1.807, 2.05) is 0 Å². The molecule has 0 atom stereocenters. The lowest BCUT2D eigenvalue weighted by Crippen LogP contribution is -2.30. The number of hydrogen-bond acceptors (Lipinski definition) is 7. The molecule has 130 valence electrons. The zero-order valence-corrected chi connectivity index (χ0v) is 13.5. The molecule has 0 radical (unpaired) electrons. The van der Waals surface area contributed by atoms with E-state index in [0.717, 1.165) is 5.01 Å². The van der Waals surface area contributed by atoms with E-state index in [-0.39, 0.29) is 28.5 Å². The predicted octanol–water partition coefficient (Wildman–Crippen LogP) is 1.42. The van der Waals surface area contributed by atoms with E-state index in [4.69, 9.17) is 25.1 Å². The van der Waals surface area contributed by atoms with Gasteiger partial charge in [-0.2, -0.15) is 15.5 Å². The van der Waals surface area contributed by atoms with E-state index in [0.29, 0.717) is 0 Å². The maximum absolute atomic E-state index is 12.9. The summed E-state index contributed by atoms with van der Waals surface area (Å²) in [7, 11) is 1.39. The van der Waals surface area contributed by atoms with Gasteiger partial charge in [0.1, 0.15) is 17.9 Å². The standard InChI is InChI=1S/C17H12N4O5/c1-25-14-5-3-2-4-12(14)17(24)21-13(11(8-18)9-19)6-7-15(20-21)26-10-16(22)23/h2-7H,10H2,1H3,(H,22,23).